The molecule has 0 fully saturated rings. The Morgan fingerprint density at radius 2 is 1.43 bits per heavy atom. The Balaban J connectivity index is 1.79. The number of hydrogen-bond acceptors (Lipinski definition) is 5. The summed E-state index contributed by atoms with van der Waals surface area (Å²) < 4.78 is 4.99. The summed E-state index contributed by atoms with van der Waals surface area (Å²) in [5.74, 6) is -1.32. The van der Waals surface area contributed by atoms with Gasteiger partial charge in [0, 0.05) is 24.3 Å². The molecule has 160 valence electrons. The van der Waals surface area contributed by atoms with Gasteiger partial charge in [-0.25, -0.2) is 4.79 Å². The van der Waals surface area contributed by atoms with Gasteiger partial charge in [-0.2, -0.15) is 0 Å². The molecule has 0 saturated carbocycles. The predicted octanol–water partition coefficient (Wildman–Crippen LogP) is 3.27. The third-order valence-corrected chi connectivity index (χ3v) is 4.72. The number of carbonyl (C=O) groups excluding carboxylic acids is 3. The van der Waals surface area contributed by atoms with Crippen LogP contribution in [0.2, 0.25) is 0 Å². The number of amides is 2. The maximum Gasteiger partial charge on any atom is 0.338 e. The highest BCUT2D eigenvalue weighted by atomic mass is 16.5. The number of nitrogens with zero attached hydrogens (tertiary/aromatic N) is 1. The number of carbonyl (C=O) groups is 3. The van der Waals surface area contributed by atoms with E-state index < -0.39 is 24.4 Å². The average Bonchev–Trinajstić information content (AvgIpc) is 2.77. The number of anilines is 1. The zero-order chi connectivity index (χ0) is 22.1. The Morgan fingerprint density at radius 3 is 1.97 bits per heavy atom. The van der Waals surface area contributed by atoms with Crippen LogP contribution in [0.5, 0.6) is 0 Å². The van der Waals surface area contributed by atoms with Gasteiger partial charge in [0.15, 0.2) is 6.61 Å². The van der Waals surface area contributed by atoms with Crippen molar-refractivity contribution >= 4 is 23.5 Å². The molecule has 7 heteroatoms. The molecule has 2 N–H and O–H groups in total. The minimum absolute atomic E-state index is 0.359. The molecule has 2 aromatic carbocycles. The highest BCUT2D eigenvalue weighted by Gasteiger charge is 2.12. The van der Waals surface area contributed by atoms with E-state index in [9.17, 15) is 14.4 Å². The summed E-state index contributed by atoms with van der Waals surface area (Å²) in [5, 5.41) is 0. The molecule has 0 atom stereocenters. The molecule has 0 aliphatic rings. The lowest BCUT2D eigenvalue weighted by Crippen LogP contribution is -2.43. The lowest BCUT2D eigenvalue weighted by atomic mass is 10.0. The Bertz CT molecular complexity index is 857. The second kappa shape index (κ2) is 11.0. The van der Waals surface area contributed by atoms with Gasteiger partial charge in [-0.15, -0.1) is 0 Å². The fourth-order valence-corrected chi connectivity index (χ4v) is 2.87. The lowest BCUT2D eigenvalue weighted by molar-refractivity contribution is -0.125. The molecule has 2 amide bonds. The van der Waals surface area contributed by atoms with Gasteiger partial charge in [0.25, 0.3) is 11.8 Å². The molecular formula is C23H29N3O4. The number of ether oxygens (including phenoxy) is 1. The third-order valence-electron chi connectivity index (χ3n) is 4.72. The molecule has 0 heterocycles. The summed E-state index contributed by atoms with van der Waals surface area (Å²) in [6.45, 7) is 9.50. The topological polar surface area (TPSA) is 87.7 Å². The molecule has 0 aliphatic carbocycles. The van der Waals surface area contributed by atoms with Crippen LogP contribution in [0.25, 0.3) is 0 Å². The van der Waals surface area contributed by atoms with Crippen LogP contribution in [-0.4, -0.2) is 37.5 Å². The molecule has 7 nitrogen and oxygen atoms in total. The van der Waals surface area contributed by atoms with Crippen molar-refractivity contribution in [3.63, 3.8) is 0 Å². The van der Waals surface area contributed by atoms with Gasteiger partial charge in [-0.3, -0.25) is 20.4 Å². The first-order valence-corrected chi connectivity index (χ1v) is 10.1. The molecule has 0 unspecified atom stereocenters. The smallest absolute Gasteiger partial charge is 0.338 e. The number of hydrazine groups is 1. The van der Waals surface area contributed by atoms with E-state index in [1.807, 2.05) is 24.3 Å². The third kappa shape index (κ3) is 6.34. The van der Waals surface area contributed by atoms with Crippen LogP contribution in [-0.2, 0) is 9.53 Å². The Hall–Kier alpha value is -3.35. The predicted molar refractivity (Wildman–Crippen MR) is 116 cm³/mol. The van der Waals surface area contributed by atoms with Crippen molar-refractivity contribution in [1.82, 2.24) is 10.9 Å². The minimum Gasteiger partial charge on any atom is -0.452 e. The first-order valence-electron chi connectivity index (χ1n) is 10.1. The van der Waals surface area contributed by atoms with Crippen molar-refractivity contribution in [2.24, 2.45) is 0 Å². The summed E-state index contributed by atoms with van der Waals surface area (Å²) in [5.41, 5.74) is 7.47. The van der Waals surface area contributed by atoms with E-state index in [0.29, 0.717) is 17.0 Å². The number of benzene rings is 2. The van der Waals surface area contributed by atoms with Crippen LogP contribution in [0.1, 0.15) is 59.9 Å². The van der Waals surface area contributed by atoms with E-state index in [1.165, 1.54) is 0 Å². The van der Waals surface area contributed by atoms with Gasteiger partial charge in [-0.05, 0) is 61.7 Å². The van der Waals surface area contributed by atoms with E-state index >= 15 is 0 Å². The Kier molecular flexibility index (Phi) is 8.41. The van der Waals surface area contributed by atoms with Crippen LogP contribution in [0.15, 0.2) is 48.5 Å². The van der Waals surface area contributed by atoms with Crippen LogP contribution in [0.3, 0.4) is 0 Å². The van der Waals surface area contributed by atoms with E-state index in [0.717, 1.165) is 24.3 Å². The van der Waals surface area contributed by atoms with Gasteiger partial charge in [0.1, 0.15) is 0 Å². The van der Waals surface area contributed by atoms with Crippen LogP contribution in [0, 0.1) is 0 Å². The van der Waals surface area contributed by atoms with Crippen LogP contribution < -0.4 is 15.8 Å². The van der Waals surface area contributed by atoms with Crippen molar-refractivity contribution in [2.75, 3.05) is 24.6 Å². The summed E-state index contributed by atoms with van der Waals surface area (Å²) in [4.78, 5) is 38.2. The lowest BCUT2D eigenvalue weighted by Gasteiger charge is -2.21. The maximum absolute atomic E-state index is 12.2. The van der Waals surface area contributed by atoms with Crippen molar-refractivity contribution in [2.45, 2.75) is 33.6 Å². The summed E-state index contributed by atoms with van der Waals surface area (Å²) in [6, 6.07) is 14.1. The second-order valence-corrected chi connectivity index (χ2v) is 7.07. The first-order chi connectivity index (χ1) is 14.3. The van der Waals surface area contributed by atoms with Gasteiger partial charge < -0.3 is 9.64 Å². The molecule has 0 spiro atoms. The van der Waals surface area contributed by atoms with Gasteiger partial charge in [-0.1, -0.05) is 26.0 Å². The van der Waals surface area contributed by atoms with E-state index in [-0.39, 0.29) is 0 Å². The number of rotatable bonds is 8. The van der Waals surface area contributed by atoms with E-state index in [2.05, 4.69) is 43.4 Å². The van der Waals surface area contributed by atoms with Gasteiger partial charge >= 0.3 is 5.97 Å². The summed E-state index contributed by atoms with van der Waals surface area (Å²) >= 11 is 0. The zero-order valence-corrected chi connectivity index (χ0v) is 17.9. The highest BCUT2D eigenvalue weighted by Crippen LogP contribution is 2.16. The molecule has 0 radical (unpaired) electrons. The molecule has 0 aliphatic heterocycles. The monoisotopic (exact) mass is 411 g/mol. The highest BCUT2D eigenvalue weighted by molar-refractivity contribution is 5.96. The second-order valence-electron chi connectivity index (χ2n) is 7.07. The van der Waals surface area contributed by atoms with Crippen molar-refractivity contribution in [3.8, 4) is 0 Å². The normalized spacial score (nSPS) is 10.4. The van der Waals surface area contributed by atoms with E-state index in [1.54, 1.807) is 24.3 Å². The maximum atomic E-state index is 12.2. The Morgan fingerprint density at radius 1 is 0.867 bits per heavy atom. The fraction of sp³-hybridized carbons (Fsp3) is 0.348. The molecule has 30 heavy (non-hydrogen) atoms. The Labute approximate surface area is 177 Å². The molecule has 2 rings (SSSR count). The first kappa shape index (κ1) is 22.9. The fourth-order valence-electron chi connectivity index (χ4n) is 2.87. The quantitative estimate of drug-likeness (QED) is 0.514. The molecule has 0 aromatic heterocycles. The summed E-state index contributed by atoms with van der Waals surface area (Å²) in [6.07, 6.45) is 0. The standard InChI is InChI=1S/C23H29N3O4/c1-5-26(6-2)20-13-11-18(12-14-20)22(28)25-24-21(27)15-30-23(29)19-9-7-17(8-10-19)16(3)4/h7-14,16H,5-6,15H2,1-4H3,(H,24,27)(H,25,28). The average molecular weight is 412 g/mol. The van der Waals surface area contributed by atoms with Crippen molar-refractivity contribution < 1.29 is 19.1 Å². The van der Waals surface area contributed by atoms with Crippen molar-refractivity contribution in [1.29, 1.82) is 0 Å². The number of hydrogen-bond donors (Lipinski definition) is 2. The molecular weight excluding hydrogens is 382 g/mol. The summed E-state index contributed by atoms with van der Waals surface area (Å²) in [7, 11) is 0. The SMILES string of the molecule is CCN(CC)c1ccc(C(=O)NNC(=O)COC(=O)c2ccc(C(C)C)cc2)cc1. The molecule has 2 aromatic rings. The van der Waals surface area contributed by atoms with Crippen LogP contribution >= 0.6 is 0 Å². The number of esters is 1. The largest absolute Gasteiger partial charge is 0.452 e. The van der Waals surface area contributed by atoms with Gasteiger partial charge in [0.05, 0.1) is 5.56 Å². The minimum atomic E-state index is -0.629. The zero-order valence-electron chi connectivity index (χ0n) is 17.9. The number of nitrogens with one attached hydrogen (secondary N) is 2. The van der Waals surface area contributed by atoms with E-state index in [4.69, 9.17) is 4.74 Å². The molecule has 0 saturated heterocycles. The van der Waals surface area contributed by atoms with Crippen LogP contribution in [0.4, 0.5) is 5.69 Å². The van der Waals surface area contributed by atoms with Gasteiger partial charge in [0.2, 0.25) is 0 Å². The molecule has 0 bridgehead atoms. The van der Waals surface area contributed by atoms with Crippen molar-refractivity contribution in [3.05, 3.63) is 65.2 Å².